The van der Waals surface area contributed by atoms with Crippen molar-refractivity contribution in [3.63, 3.8) is 0 Å². The second-order valence-electron chi connectivity index (χ2n) is 5.68. The van der Waals surface area contributed by atoms with Gasteiger partial charge in [-0.15, -0.1) is 0 Å². The Morgan fingerprint density at radius 2 is 1.78 bits per heavy atom. The first-order valence-electron chi connectivity index (χ1n) is 8.29. The average molecular weight is 309 g/mol. The third-order valence-corrected chi connectivity index (χ3v) is 3.96. The summed E-state index contributed by atoms with van der Waals surface area (Å²) in [6, 6.07) is 16.5. The number of nitrogen functional groups attached to an aromatic ring is 1. The van der Waals surface area contributed by atoms with Gasteiger partial charge in [-0.05, 0) is 43.2 Å². The van der Waals surface area contributed by atoms with Crippen LogP contribution in [0.15, 0.2) is 54.6 Å². The van der Waals surface area contributed by atoms with Crippen LogP contribution in [0.1, 0.15) is 32.3 Å². The van der Waals surface area contributed by atoms with Gasteiger partial charge in [-0.2, -0.15) is 0 Å². The standard InChI is InChI=1S/C20H27N3/c1-4-6-10-19(22-20-11-8-7-9-18(20)21)16-12-14-17(15-13-16)23(3)5-2/h7-15,22H,4-6,21H2,1-3H3. The van der Waals surface area contributed by atoms with Crippen LogP contribution in [0.4, 0.5) is 17.1 Å². The highest BCUT2D eigenvalue weighted by atomic mass is 15.1. The van der Waals surface area contributed by atoms with E-state index in [2.05, 4.69) is 61.5 Å². The fourth-order valence-electron chi connectivity index (χ4n) is 2.36. The van der Waals surface area contributed by atoms with E-state index in [9.17, 15) is 0 Å². The van der Waals surface area contributed by atoms with Gasteiger partial charge in [0.1, 0.15) is 0 Å². The number of nitrogens with zero attached hydrogens (tertiary/aromatic N) is 1. The first-order valence-corrected chi connectivity index (χ1v) is 8.29. The van der Waals surface area contributed by atoms with Gasteiger partial charge < -0.3 is 16.0 Å². The highest BCUT2D eigenvalue weighted by Crippen LogP contribution is 2.25. The van der Waals surface area contributed by atoms with Crippen molar-refractivity contribution >= 4 is 22.8 Å². The van der Waals surface area contributed by atoms with E-state index in [1.807, 2.05) is 24.3 Å². The SMILES string of the molecule is CCCC=C(Nc1ccccc1N)c1ccc(N(C)CC)cc1. The zero-order valence-electron chi connectivity index (χ0n) is 14.3. The van der Waals surface area contributed by atoms with Crippen LogP contribution >= 0.6 is 0 Å². The van der Waals surface area contributed by atoms with E-state index in [1.54, 1.807) is 0 Å². The van der Waals surface area contributed by atoms with E-state index in [-0.39, 0.29) is 0 Å². The molecule has 0 saturated carbocycles. The van der Waals surface area contributed by atoms with Crippen molar-refractivity contribution < 1.29 is 0 Å². The third-order valence-electron chi connectivity index (χ3n) is 3.96. The van der Waals surface area contributed by atoms with Crippen LogP contribution in [0, 0.1) is 0 Å². The van der Waals surface area contributed by atoms with E-state index in [4.69, 9.17) is 5.73 Å². The summed E-state index contributed by atoms with van der Waals surface area (Å²) in [5.41, 5.74) is 11.3. The highest BCUT2D eigenvalue weighted by molar-refractivity contribution is 5.82. The van der Waals surface area contributed by atoms with Gasteiger partial charge >= 0.3 is 0 Å². The number of unbranched alkanes of at least 4 members (excludes halogenated alkanes) is 1. The smallest absolute Gasteiger partial charge is 0.0617 e. The van der Waals surface area contributed by atoms with Gasteiger partial charge in [0.2, 0.25) is 0 Å². The number of hydrogen-bond donors (Lipinski definition) is 2. The molecule has 0 fully saturated rings. The largest absolute Gasteiger partial charge is 0.397 e. The maximum atomic E-state index is 6.06. The van der Waals surface area contributed by atoms with Crippen LogP contribution in [0.2, 0.25) is 0 Å². The summed E-state index contributed by atoms with van der Waals surface area (Å²) in [4.78, 5) is 2.22. The molecule has 0 aliphatic carbocycles. The Labute approximate surface area is 139 Å². The lowest BCUT2D eigenvalue weighted by Gasteiger charge is -2.18. The zero-order valence-corrected chi connectivity index (χ0v) is 14.3. The number of allylic oxidation sites excluding steroid dienone is 1. The van der Waals surface area contributed by atoms with Crippen molar-refractivity contribution in [3.05, 3.63) is 60.2 Å². The fourth-order valence-corrected chi connectivity index (χ4v) is 2.36. The lowest BCUT2D eigenvalue weighted by atomic mass is 10.1. The van der Waals surface area contributed by atoms with Gasteiger partial charge in [0.15, 0.2) is 0 Å². The van der Waals surface area contributed by atoms with Crippen LogP contribution < -0.4 is 16.0 Å². The van der Waals surface area contributed by atoms with Crippen LogP contribution in [0.25, 0.3) is 5.70 Å². The number of nitrogens with one attached hydrogen (secondary N) is 1. The van der Waals surface area contributed by atoms with E-state index < -0.39 is 0 Å². The van der Waals surface area contributed by atoms with Gasteiger partial charge in [-0.25, -0.2) is 0 Å². The van der Waals surface area contributed by atoms with Crippen LogP contribution in [0.5, 0.6) is 0 Å². The van der Waals surface area contributed by atoms with E-state index >= 15 is 0 Å². The van der Waals surface area contributed by atoms with Crippen molar-refractivity contribution in [1.29, 1.82) is 0 Å². The number of para-hydroxylation sites is 2. The molecule has 0 bridgehead atoms. The van der Waals surface area contributed by atoms with Crippen LogP contribution in [-0.4, -0.2) is 13.6 Å². The second-order valence-corrected chi connectivity index (χ2v) is 5.68. The number of nitrogens with two attached hydrogens (primary N) is 1. The number of hydrogen-bond acceptors (Lipinski definition) is 3. The Bertz CT molecular complexity index is 644. The lowest BCUT2D eigenvalue weighted by molar-refractivity contribution is 0.959. The Kier molecular flexibility index (Phi) is 6.10. The molecule has 2 aromatic carbocycles. The van der Waals surface area contributed by atoms with Crippen LogP contribution in [0.3, 0.4) is 0 Å². The van der Waals surface area contributed by atoms with Crippen molar-refractivity contribution in [2.75, 3.05) is 29.5 Å². The van der Waals surface area contributed by atoms with Crippen LogP contribution in [-0.2, 0) is 0 Å². The maximum absolute atomic E-state index is 6.06. The quantitative estimate of drug-likeness (QED) is 0.709. The normalized spacial score (nSPS) is 11.3. The summed E-state index contributed by atoms with van der Waals surface area (Å²) in [7, 11) is 2.10. The predicted octanol–water partition coefficient (Wildman–Crippen LogP) is 4.98. The first-order chi connectivity index (χ1) is 11.2. The molecular weight excluding hydrogens is 282 g/mol. The molecule has 0 aromatic heterocycles. The summed E-state index contributed by atoms with van der Waals surface area (Å²) in [6.07, 6.45) is 4.39. The highest BCUT2D eigenvalue weighted by Gasteiger charge is 2.05. The molecule has 2 rings (SSSR count). The molecular formula is C20H27N3. The topological polar surface area (TPSA) is 41.3 Å². The molecule has 0 unspecified atom stereocenters. The molecule has 0 amide bonds. The lowest BCUT2D eigenvalue weighted by Crippen LogP contribution is -2.15. The second kappa shape index (κ2) is 8.28. The molecule has 3 heteroatoms. The minimum absolute atomic E-state index is 0.761. The minimum atomic E-state index is 0.761. The van der Waals surface area contributed by atoms with Gasteiger partial charge in [0.05, 0.1) is 11.4 Å². The first kappa shape index (κ1) is 16.9. The van der Waals surface area contributed by atoms with Gasteiger partial charge in [-0.1, -0.05) is 43.7 Å². The predicted molar refractivity (Wildman–Crippen MR) is 103 cm³/mol. The van der Waals surface area contributed by atoms with Crippen molar-refractivity contribution in [1.82, 2.24) is 0 Å². The number of benzene rings is 2. The Morgan fingerprint density at radius 1 is 1.09 bits per heavy atom. The molecule has 3 nitrogen and oxygen atoms in total. The summed E-state index contributed by atoms with van der Waals surface area (Å²) >= 11 is 0. The molecule has 122 valence electrons. The Hall–Kier alpha value is -2.42. The maximum Gasteiger partial charge on any atom is 0.0617 e. The van der Waals surface area contributed by atoms with Gasteiger partial charge in [-0.3, -0.25) is 0 Å². The molecule has 0 aliphatic rings. The molecule has 3 N–H and O–H groups in total. The van der Waals surface area contributed by atoms with E-state index in [0.717, 1.165) is 36.5 Å². The monoisotopic (exact) mass is 309 g/mol. The Balaban J connectivity index is 2.27. The molecule has 0 atom stereocenters. The van der Waals surface area contributed by atoms with E-state index in [0.29, 0.717) is 0 Å². The zero-order chi connectivity index (χ0) is 16.7. The van der Waals surface area contributed by atoms with E-state index in [1.165, 1.54) is 11.3 Å². The summed E-state index contributed by atoms with van der Waals surface area (Å²) < 4.78 is 0. The molecule has 0 heterocycles. The number of anilines is 3. The summed E-state index contributed by atoms with van der Waals surface area (Å²) in [6.45, 7) is 5.33. The molecule has 0 aliphatic heterocycles. The van der Waals surface area contributed by atoms with Crippen molar-refractivity contribution in [3.8, 4) is 0 Å². The summed E-state index contributed by atoms with van der Waals surface area (Å²) in [5, 5.41) is 3.48. The minimum Gasteiger partial charge on any atom is -0.397 e. The fraction of sp³-hybridized carbons (Fsp3) is 0.300. The van der Waals surface area contributed by atoms with Crippen molar-refractivity contribution in [2.24, 2.45) is 0 Å². The summed E-state index contributed by atoms with van der Waals surface area (Å²) in [5.74, 6) is 0. The molecule has 0 saturated heterocycles. The Morgan fingerprint density at radius 3 is 2.39 bits per heavy atom. The molecule has 23 heavy (non-hydrogen) atoms. The van der Waals surface area contributed by atoms with Crippen molar-refractivity contribution in [2.45, 2.75) is 26.7 Å². The molecule has 0 radical (unpaired) electrons. The average Bonchev–Trinajstić information content (AvgIpc) is 2.59. The van der Waals surface area contributed by atoms with Gasteiger partial charge in [0.25, 0.3) is 0 Å². The molecule has 0 spiro atoms. The molecule has 2 aromatic rings. The third kappa shape index (κ3) is 4.52. The van der Waals surface area contributed by atoms with Gasteiger partial charge in [0, 0.05) is 25.0 Å². The number of rotatable bonds is 7.